The average molecular weight is 644 g/mol. The van der Waals surface area contributed by atoms with E-state index in [1.807, 2.05) is 0 Å². The van der Waals surface area contributed by atoms with Gasteiger partial charge in [0.05, 0.1) is 12.7 Å². The van der Waals surface area contributed by atoms with Gasteiger partial charge in [-0.25, -0.2) is 24.4 Å². The van der Waals surface area contributed by atoms with E-state index in [2.05, 4.69) is 30.9 Å². The summed E-state index contributed by atoms with van der Waals surface area (Å²) in [5, 5.41) is 8.80. The maximum absolute atomic E-state index is 13.3. The number of rotatable bonds is 8. The molecule has 4 fully saturated rings. The number of carbonyl (C=O) groups is 3. The number of hydrogen-bond donors (Lipinski definition) is 4. The zero-order valence-electron chi connectivity index (χ0n) is 26.1. The lowest BCUT2D eigenvalue weighted by Crippen LogP contribution is -2.47. The third kappa shape index (κ3) is 7.91. The molecule has 2 aromatic heterocycles. The van der Waals surface area contributed by atoms with Crippen molar-refractivity contribution >= 4 is 29.4 Å². The first kappa shape index (κ1) is 32.1. The fourth-order valence-electron chi connectivity index (χ4n) is 7.14. The molecule has 3 amide bonds. The van der Waals surface area contributed by atoms with Gasteiger partial charge in [-0.1, -0.05) is 57.8 Å². The second kappa shape index (κ2) is 15.1. The summed E-state index contributed by atoms with van der Waals surface area (Å²) in [4.78, 5) is 62.8. The van der Waals surface area contributed by atoms with Crippen LogP contribution in [0.4, 0.5) is 14.4 Å². The molecule has 1 aliphatic heterocycles. The van der Waals surface area contributed by atoms with E-state index in [4.69, 9.17) is 18.9 Å². The van der Waals surface area contributed by atoms with Gasteiger partial charge < -0.3 is 39.9 Å². The number of amides is 3. The molecule has 4 atom stereocenters. The van der Waals surface area contributed by atoms with Gasteiger partial charge in [0.2, 0.25) is 0 Å². The Bertz CT molecular complexity index is 1400. The number of imidazole rings is 1. The minimum Gasteiger partial charge on any atom is -0.447 e. The van der Waals surface area contributed by atoms with Crippen molar-refractivity contribution in [2.75, 3.05) is 6.61 Å². The lowest BCUT2D eigenvalue weighted by Gasteiger charge is -2.28. The topological polar surface area (TPSA) is 188 Å². The number of ether oxygens (including phenoxy) is 4. The SMILES string of the molecule is O=C(NC1CCCCC1)OCC1OC(n2cnc3c(=O)[nH]cnc32)C(OC(=O)NC2CCCCC2)C1OC(=O)NC1CCCCC1. The lowest BCUT2D eigenvalue weighted by atomic mass is 9.96. The third-order valence-corrected chi connectivity index (χ3v) is 9.57. The second-order valence-corrected chi connectivity index (χ2v) is 12.9. The van der Waals surface area contributed by atoms with Crippen LogP contribution in [0.5, 0.6) is 0 Å². The Kier molecular flexibility index (Phi) is 10.6. The summed E-state index contributed by atoms with van der Waals surface area (Å²) in [5.74, 6) is 0. The van der Waals surface area contributed by atoms with Crippen LogP contribution >= 0.6 is 0 Å². The van der Waals surface area contributed by atoms with E-state index in [0.717, 1.165) is 96.3 Å². The zero-order valence-corrected chi connectivity index (χ0v) is 26.1. The maximum Gasteiger partial charge on any atom is 0.407 e. The van der Waals surface area contributed by atoms with E-state index in [-0.39, 0.29) is 35.9 Å². The average Bonchev–Trinajstić information content (AvgIpc) is 3.63. The predicted molar refractivity (Wildman–Crippen MR) is 164 cm³/mol. The largest absolute Gasteiger partial charge is 0.447 e. The van der Waals surface area contributed by atoms with Crippen molar-refractivity contribution in [1.29, 1.82) is 0 Å². The molecule has 4 N–H and O–H groups in total. The van der Waals surface area contributed by atoms with Crippen LogP contribution in [-0.4, -0.2) is 80.8 Å². The van der Waals surface area contributed by atoms with E-state index in [0.29, 0.717) is 0 Å². The van der Waals surface area contributed by atoms with Gasteiger partial charge in [-0.05, 0) is 38.5 Å². The minimum absolute atomic E-state index is 0.0298. The molecule has 1 saturated heterocycles. The number of nitrogens with one attached hydrogen (secondary N) is 4. The van der Waals surface area contributed by atoms with Gasteiger partial charge in [-0.2, -0.15) is 0 Å². The van der Waals surface area contributed by atoms with Crippen molar-refractivity contribution in [1.82, 2.24) is 35.5 Å². The first-order valence-electron chi connectivity index (χ1n) is 16.9. The molecule has 3 saturated carbocycles. The molecule has 4 unspecified atom stereocenters. The number of carbonyl (C=O) groups excluding carboxylic acids is 3. The van der Waals surface area contributed by atoms with Gasteiger partial charge in [0.1, 0.15) is 12.7 Å². The molecule has 0 spiro atoms. The summed E-state index contributed by atoms with van der Waals surface area (Å²) in [6.45, 7) is -0.277. The Hall–Kier alpha value is -3.88. The minimum atomic E-state index is -1.19. The first-order valence-corrected chi connectivity index (χ1v) is 16.9. The quantitative estimate of drug-likeness (QED) is 0.307. The Morgan fingerprint density at radius 1 is 0.761 bits per heavy atom. The fraction of sp³-hybridized carbons (Fsp3) is 0.742. The highest BCUT2D eigenvalue weighted by Gasteiger charge is 2.52. The molecule has 15 nitrogen and oxygen atoms in total. The standard InChI is InChI=1S/C31H45N7O8/c39-27-23-26(32-17-33-27)38(18-34-23)28-25(46-31(42)37-21-14-8-3-9-15-21)24(45-30(41)36-20-12-6-2-7-13-20)22(44-28)16-43-29(40)35-19-10-4-1-5-11-19/h17-22,24-25,28H,1-16H2,(H,35,40)(H,36,41)(H,37,42)(H,32,33,39). The molecular formula is C31H45N7O8. The number of alkyl carbamates (subject to hydrolysis) is 3. The molecule has 0 bridgehead atoms. The predicted octanol–water partition coefficient (Wildman–Crippen LogP) is 3.93. The van der Waals surface area contributed by atoms with Gasteiger partial charge in [-0.15, -0.1) is 0 Å². The number of aromatic amines is 1. The molecule has 15 heteroatoms. The smallest absolute Gasteiger partial charge is 0.407 e. The third-order valence-electron chi connectivity index (χ3n) is 9.57. The Morgan fingerprint density at radius 2 is 1.28 bits per heavy atom. The molecule has 2 aromatic rings. The van der Waals surface area contributed by atoms with Crippen LogP contribution in [0.25, 0.3) is 11.2 Å². The summed E-state index contributed by atoms with van der Waals surface area (Å²) >= 11 is 0. The van der Waals surface area contributed by atoms with Gasteiger partial charge >= 0.3 is 18.3 Å². The number of nitrogens with zero attached hydrogens (tertiary/aromatic N) is 3. The summed E-state index contributed by atoms with van der Waals surface area (Å²) in [6.07, 6.45) is 10.9. The van der Waals surface area contributed by atoms with Crippen molar-refractivity contribution in [3.05, 3.63) is 23.0 Å². The highest BCUT2D eigenvalue weighted by molar-refractivity contribution is 5.71. The summed E-state index contributed by atoms with van der Waals surface area (Å²) in [5.41, 5.74) is -0.194. The van der Waals surface area contributed by atoms with E-state index in [1.54, 1.807) is 0 Å². The second-order valence-electron chi connectivity index (χ2n) is 12.9. The van der Waals surface area contributed by atoms with Crippen molar-refractivity contribution in [3.63, 3.8) is 0 Å². The summed E-state index contributed by atoms with van der Waals surface area (Å²) < 4.78 is 25.4. The maximum atomic E-state index is 13.3. The first-order chi connectivity index (χ1) is 22.4. The fourth-order valence-corrected chi connectivity index (χ4v) is 7.14. The number of hydrogen-bond acceptors (Lipinski definition) is 10. The molecule has 3 aliphatic carbocycles. The van der Waals surface area contributed by atoms with Crippen molar-refractivity contribution in [2.24, 2.45) is 0 Å². The highest BCUT2D eigenvalue weighted by Crippen LogP contribution is 2.36. The zero-order chi connectivity index (χ0) is 31.9. The number of aromatic nitrogens is 4. The van der Waals surface area contributed by atoms with Gasteiger partial charge in [-0.3, -0.25) is 9.36 Å². The van der Waals surface area contributed by atoms with Crippen LogP contribution in [-0.2, 0) is 18.9 Å². The van der Waals surface area contributed by atoms with Crippen LogP contribution in [0.15, 0.2) is 17.4 Å². The van der Waals surface area contributed by atoms with Crippen LogP contribution in [0.1, 0.15) is 103 Å². The van der Waals surface area contributed by atoms with E-state index >= 15 is 0 Å². The van der Waals surface area contributed by atoms with E-state index in [1.165, 1.54) is 17.2 Å². The molecule has 252 valence electrons. The lowest BCUT2D eigenvalue weighted by molar-refractivity contribution is -0.0557. The van der Waals surface area contributed by atoms with Crippen LogP contribution < -0.4 is 21.5 Å². The van der Waals surface area contributed by atoms with Crippen LogP contribution in [0.2, 0.25) is 0 Å². The Balaban J connectivity index is 1.24. The summed E-state index contributed by atoms with van der Waals surface area (Å²) in [6, 6.07) is -0.0291. The van der Waals surface area contributed by atoms with Crippen molar-refractivity contribution < 1.29 is 33.3 Å². The molecule has 0 aromatic carbocycles. The van der Waals surface area contributed by atoms with Crippen LogP contribution in [0.3, 0.4) is 0 Å². The molecule has 46 heavy (non-hydrogen) atoms. The van der Waals surface area contributed by atoms with Gasteiger partial charge in [0.25, 0.3) is 5.56 Å². The van der Waals surface area contributed by atoms with E-state index in [9.17, 15) is 19.2 Å². The Labute approximate surface area is 266 Å². The molecule has 4 aliphatic rings. The Morgan fingerprint density at radius 3 is 1.85 bits per heavy atom. The number of H-pyrrole nitrogens is 1. The normalized spacial score (nSPS) is 26.3. The molecule has 0 radical (unpaired) electrons. The van der Waals surface area contributed by atoms with Gasteiger partial charge in [0.15, 0.2) is 29.6 Å². The molecular weight excluding hydrogens is 598 g/mol. The molecule has 3 heterocycles. The van der Waals surface area contributed by atoms with Crippen LogP contribution in [0, 0.1) is 0 Å². The summed E-state index contributed by atoms with van der Waals surface area (Å²) in [7, 11) is 0. The monoisotopic (exact) mass is 643 g/mol. The molecule has 6 rings (SSSR count). The number of fused-ring (bicyclic) bond motifs is 1. The van der Waals surface area contributed by atoms with Crippen molar-refractivity contribution in [3.8, 4) is 0 Å². The van der Waals surface area contributed by atoms with Crippen molar-refractivity contribution in [2.45, 2.75) is 139 Å². The van der Waals surface area contributed by atoms with Gasteiger partial charge in [0, 0.05) is 18.1 Å². The highest BCUT2D eigenvalue weighted by atomic mass is 16.7. The van der Waals surface area contributed by atoms with E-state index < -0.39 is 48.4 Å².